The summed E-state index contributed by atoms with van der Waals surface area (Å²) >= 11 is 0. The van der Waals surface area contributed by atoms with Crippen molar-refractivity contribution in [1.82, 2.24) is 10.2 Å². The van der Waals surface area contributed by atoms with E-state index in [-0.39, 0.29) is 17.8 Å². The molecule has 3 fully saturated rings. The Kier molecular flexibility index (Phi) is 6.32. The number of nitrogens with one attached hydrogen (secondary N) is 1. The van der Waals surface area contributed by atoms with Crippen LogP contribution in [-0.4, -0.2) is 49.2 Å². The molecule has 28 heavy (non-hydrogen) atoms. The van der Waals surface area contributed by atoms with Crippen molar-refractivity contribution < 1.29 is 13.9 Å². The molecule has 3 aliphatic rings. The van der Waals surface area contributed by atoms with Crippen molar-refractivity contribution in [3.05, 3.63) is 35.6 Å². The van der Waals surface area contributed by atoms with Crippen molar-refractivity contribution >= 4 is 5.91 Å². The van der Waals surface area contributed by atoms with Gasteiger partial charge in [-0.3, -0.25) is 4.79 Å². The van der Waals surface area contributed by atoms with Gasteiger partial charge in [-0.2, -0.15) is 0 Å². The Balaban J connectivity index is 1.40. The summed E-state index contributed by atoms with van der Waals surface area (Å²) in [7, 11) is 0. The van der Waals surface area contributed by atoms with Gasteiger partial charge in [0.2, 0.25) is 5.91 Å². The number of hydrogen-bond acceptors (Lipinski definition) is 3. The first-order chi connectivity index (χ1) is 13.7. The summed E-state index contributed by atoms with van der Waals surface area (Å²) in [5.74, 6) is -0.227. The number of halogens is 1. The predicted octanol–water partition coefficient (Wildman–Crippen LogP) is 3.79. The Labute approximate surface area is 167 Å². The quantitative estimate of drug-likeness (QED) is 0.853. The molecule has 0 unspecified atom stereocenters. The number of carbonyl (C=O) groups is 1. The second kappa shape index (κ2) is 8.91. The zero-order chi connectivity index (χ0) is 19.4. The zero-order valence-corrected chi connectivity index (χ0v) is 16.8. The predicted molar refractivity (Wildman–Crippen MR) is 108 cm³/mol. The summed E-state index contributed by atoms with van der Waals surface area (Å²) in [6.07, 6.45) is 10.0. The third kappa shape index (κ3) is 4.25. The van der Waals surface area contributed by atoms with E-state index in [1.165, 1.54) is 44.2 Å². The van der Waals surface area contributed by atoms with E-state index < -0.39 is 5.41 Å². The molecule has 4 nitrogen and oxygen atoms in total. The van der Waals surface area contributed by atoms with Crippen LogP contribution < -0.4 is 5.32 Å². The Bertz CT molecular complexity index is 660. The normalized spacial score (nSPS) is 24.8. The fourth-order valence-corrected chi connectivity index (χ4v) is 5.33. The molecule has 2 heterocycles. The van der Waals surface area contributed by atoms with Crippen LogP contribution in [0, 0.1) is 5.82 Å². The minimum atomic E-state index is -0.666. The maximum absolute atomic E-state index is 13.9. The molecule has 0 atom stereocenters. The summed E-state index contributed by atoms with van der Waals surface area (Å²) in [5.41, 5.74) is 0.119. The van der Waals surface area contributed by atoms with Gasteiger partial charge in [0.25, 0.3) is 0 Å². The van der Waals surface area contributed by atoms with Gasteiger partial charge >= 0.3 is 0 Å². The van der Waals surface area contributed by atoms with E-state index in [0.717, 1.165) is 37.5 Å². The maximum Gasteiger partial charge on any atom is 0.231 e. The van der Waals surface area contributed by atoms with Gasteiger partial charge in [-0.25, -0.2) is 4.39 Å². The van der Waals surface area contributed by atoms with Crippen molar-refractivity contribution in [3.8, 4) is 0 Å². The van der Waals surface area contributed by atoms with Crippen molar-refractivity contribution in [3.63, 3.8) is 0 Å². The third-order valence-electron chi connectivity index (χ3n) is 7.11. The summed E-state index contributed by atoms with van der Waals surface area (Å²) < 4.78 is 19.4. The van der Waals surface area contributed by atoms with E-state index in [1.807, 2.05) is 6.07 Å². The lowest BCUT2D eigenvalue weighted by molar-refractivity contribution is -0.131. The summed E-state index contributed by atoms with van der Waals surface area (Å²) in [6, 6.07) is 7.53. The zero-order valence-electron chi connectivity index (χ0n) is 16.8. The second-order valence-corrected chi connectivity index (χ2v) is 8.78. The van der Waals surface area contributed by atoms with Gasteiger partial charge in [-0.1, -0.05) is 31.4 Å². The molecule has 1 amide bonds. The lowest BCUT2D eigenvalue weighted by Crippen LogP contribution is -2.54. The van der Waals surface area contributed by atoms with Crippen molar-refractivity contribution in [2.45, 2.75) is 75.3 Å². The number of carbonyl (C=O) groups excluding carboxylic acids is 1. The number of nitrogens with zero attached hydrogens (tertiary/aromatic N) is 1. The number of likely N-dealkylation sites (tertiary alicyclic amines) is 1. The molecular formula is C23H33FN2O2. The molecule has 1 aliphatic carbocycles. The van der Waals surface area contributed by atoms with Crippen LogP contribution in [0.3, 0.4) is 0 Å². The monoisotopic (exact) mass is 388 g/mol. The molecule has 0 radical (unpaired) electrons. The molecule has 4 rings (SSSR count). The van der Waals surface area contributed by atoms with E-state index in [0.29, 0.717) is 26.1 Å². The Morgan fingerprint density at radius 3 is 2.46 bits per heavy atom. The highest BCUT2D eigenvalue weighted by molar-refractivity contribution is 5.88. The third-order valence-corrected chi connectivity index (χ3v) is 7.11. The highest BCUT2D eigenvalue weighted by atomic mass is 19.1. The first-order valence-corrected chi connectivity index (χ1v) is 11.1. The van der Waals surface area contributed by atoms with Crippen molar-refractivity contribution in [2.24, 2.45) is 0 Å². The minimum absolute atomic E-state index is 0.0533. The molecule has 1 aromatic rings. The molecule has 0 bridgehead atoms. The topological polar surface area (TPSA) is 41.6 Å². The van der Waals surface area contributed by atoms with Gasteiger partial charge in [-0.15, -0.1) is 0 Å². The molecule has 5 heteroatoms. The van der Waals surface area contributed by atoms with Crippen LogP contribution in [-0.2, 0) is 14.9 Å². The minimum Gasteiger partial charge on any atom is -0.381 e. The highest BCUT2D eigenvalue weighted by Gasteiger charge is 2.43. The molecular weight excluding hydrogens is 355 g/mol. The smallest absolute Gasteiger partial charge is 0.231 e. The Hall–Kier alpha value is -1.46. The van der Waals surface area contributed by atoms with E-state index >= 15 is 0 Å². The van der Waals surface area contributed by atoms with Crippen LogP contribution in [0.2, 0.25) is 0 Å². The van der Waals surface area contributed by atoms with Gasteiger partial charge in [0, 0.05) is 38.4 Å². The number of benzene rings is 1. The average Bonchev–Trinajstić information content (AvgIpc) is 2.75. The molecule has 0 aromatic heterocycles. The van der Waals surface area contributed by atoms with Gasteiger partial charge in [-0.05, 0) is 56.2 Å². The van der Waals surface area contributed by atoms with Crippen molar-refractivity contribution in [1.29, 1.82) is 0 Å². The highest BCUT2D eigenvalue weighted by Crippen LogP contribution is 2.36. The van der Waals surface area contributed by atoms with Crippen LogP contribution in [0.5, 0.6) is 0 Å². The summed E-state index contributed by atoms with van der Waals surface area (Å²) in [5, 5.41) is 3.33. The van der Waals surface area contributed by atoms with Crippen LogP contribution in [0.15, 0.2) is 24.3 Å². The fraction of sp³-hybridized carbons (Fsp3) is 0.696. The molecule has 2 saturated heterocycles. The van der Waals surface area contributed by atoms with Crippen molar-refractivity contribution in [2.75, 3.05) is 26.3 Å². The number of piperidine rings is 1. The first kappa shape index (κ1) is 19.8. The van der Waals surface area contributed by atoms with Crippen LogP contribution in [0.1, 0.15) is 63.4 Å². The number of hydrogen-bond donors (Lipinski definition) is 1. The molecule has 0 spiro atoms. The van der Waals surface area contributed by atoms with E-state index in [4.69, 9.17) is 4.74 Å². The SMILES string of the molecule is O=C(NC1CCN(C2CCCCC2)CC1)C1(c2cccc(F)c2)CCOCC1. The van der Waals surface area contributed by atoms with E-state index in [1.54, 1.807) is 6.07 Å². The van der Waals surface area contributed by atoms with Gasteiger partial charge in [0.15, 0.2) is 0 Å². The largest absolute Gasteiger partial charge is 0.381 e. The molecule has 1 N–H and O–H groups in total. The Morgan fingerprint density at radius 1 is 1.07 bits per heavy atom. The van der Waals surface area contributed by atoms with Crippen LogP contribution in [0.4, 0.5) is 4.39 Å². The van der Waals surface area contributed by atoms with Crippen LogP contribution >= 0.6 is 0 Å². The van der Waals surface area contributed by atoms with E-state index in [9.17, 15) is 9.18 Å². The standard InChI is InChI=1S/C23H33FN2O2/c24-19-6-4-5-18(17-19)23(11-15-28-16-12-23)22(27)25-20-9-13-26(14-10-20)21-7-2-1-3-8-21/h4-6,17,20-21H,1-3,7-16H2,(H,25,27). The van der Waals surface area contributed by atoms with Crippen LogP contribution in [0.25, 0.3) is 0 Å². The Morgan fingerprint density at radius 2 is 1.79 bits per heavy atom. The van der Waals surface area contributed by atoms with Gasteiger partial charge in [0.1, 0.15) is 5.82 Å². The second-order valence-electron chi connectivity index (χ2n) is 8.78. The molecule has 1 aromatic carbocycles. The molecule has 2 aliphatic heterocycles. The number of amides is 1. The average molecular weight is 389 g/mol. The first-order valence-electron chi connectivity index (χ1n) is 11.1. The number of rotatable bonds is 4. The van der Waals surface area contributed by atoms with Gasteiger partial charge in [0.05, 0.1) is 5.41 Å². The summed E-state index contributed by atoms with van der Waals surface area (Å²) in [4.78, 5) is 16.0. The van der Waals surface area contributed by atoms with E-state index in [2.05, 4.69) is 10.2 Å². The molecule has 1 saturated carbocycles. The fourth-order valence-electron chi connectivity index (χ4n) is 5.33. The summed E-state index contributed by atoms with van der Waals surface area (Å²) in [6.45, 7) is 3.24. The van der Waals surface area contributed by atoms with Gasteiger partial charge < -0.3 is 15.0 Å². The lowest BCUT2D eigenvalue weighted by atomic mass is 9.73. The number of ether oxygens (including phenoxy) is 1. The maximum atomic E-state index is 13.9. The molecule has 154 valence electrons. The lowest BCUT2D eigenvalue weighted by Gasteiger charge is -2.41.